The van der Waals surface area contributed by atoms with Gasteiger partial charge in [-0.15, -0.1) is 0 Å². The zero-order valence-corrected chi connectivity index (χ0v) is 10.7. The van der Waals surface area contributed by atoms with Crippen LogP contribution in [0.1, 0.15) is 24.8 Å². The molecule has 1 aliphatic heterocycles. The Morgan fingerprint density at radius 1 is 1.58 bits per heavy atom. The fourth-order valence-corrected chi connectivity index (χ4v) is 2.61. The summed E-state index contributed by atoms with van der Waals surface area (Å²) in [6.07, 6.45) is 1.91. The van der Waals surface area contributed by atoms with Crippen LogP contribution in [0.4, 0.5) is 11.4 Å². The van der Waals surface area contributed by atoms with Crippen LogP contribution >= 0.6 is 0 Å². The minimum atomic E-state index is -0.810. The van der Waals surface area contributed by atoms with Crippen molar-refractivity contribution in [2.75, 3.05) is 11.4 Å². The summed E-state index contributed by atoms with van der Waals surface area (Å²) in [5, 5.41) is 19.7. The molecule has 0 aromatic heterocycles. The van der Waals surface area contributed by atoms with Gasteiger partial charge in [-0.25, -0.2) is 0 Å². The topological polar surface area (TPSA) is 83.7 Å². The molecule has 0 radical (unpaired) electrons. The molecule has 6 heteroatoms. The molecule has 102 valence electrons. The normalized spacial score (nSPS) is 18.6. The summed E-state index contributed by atoms with van der Waals surface area (Å²) in [5.41, 5.74) is 1.56. The summed E-state index contributed by atoms with van der Waals surface area (Å²) in [5.74, 6) is -0.810. The van der Waals surface area contributed by atoms with Crippen molar-refractivity contribution in [3.8, 4) is 0 Å². The van der Waals surface area contributed by atoms with Crippen LogP contribution in [-0.4, -0.2) is 28.6 Å². The van der Waals surface area contributed by atoms with Gasteiger partial charge in [0.05, 0.1) is 11.3 Å². The van der Waals surface area contributed by atoms with E-state index in [1.54, 1.807) is 19.1 Å². The van der Waals surface area contributed by atoms with Crippen molar-refractivity contribution in [2.24, 2.45) is 0 Å². The van der Waals surface area contributed by atoms with Crippen LogP contribution in [0.2, 0.25) is 0 Å². The van der Waals surface area contributed by atoms with E-state index in [1.165, 1.54) is 6.07 Å². The Labute approximate surface area is 110 Å². The molecule has 0 amide bonds. The summed E-state index contributed by atoms with van der Waals surface area (Å²) in [4.78, 5) is 23.2. The Morgan fingerprint density at radius 2 is 2.32 bits per heavy atom. The van der Waals surface area contributed by atoms with Gasteiger partial charge in [0.15, 0.2) is 0 Å². The predicted octanol–water partition coefficient (Wildman–Crippen LogP) is 2.35. The van der Waals surface area contributed by atoms with Crippen LogP contribution in [0.5, 0.6) is 0 Å². The van der Waals surface area contributed by atoms with Gasteiger partial charge in [0.1, 0.15) is 0 Å². The number of anilines is 1. The maximum atomic E-state index is 10.8. The molecule has 1 aromatic carbocycles. The largest absolute Gasteiger partial charge is 0.481 e. The van der Waals surface area contributed by atoms with E-state index in [1.807, 2.05) is 4.90 Å². The molecule has 1 heterocycles. The zero-order chi connectivity index (χ0) is 14.0. The van der Waals surface area contributed by atoms with Crippen LogP contribution in [-0.2, 0) is 4.79 Å². The molecule has 1 saturated heterocycles. The Morgan fingerprint density at radius 3 is 2.89 bits per heavy atom. The van der Waals surface area contributed by atoms with Crippen LogP contribution in [0.15, 0.2) is 18.2 Å². The van der Waals surface area contributed by atoms with Crippen molar-refractivity contribution in [2.45, 2.75) is 32.2 Å². The van der Waals surface area contributed by atoms with Gasteiger partial charge >= 0.3 is 5.97 Å². The summed E-state index contributed by atoms with van der Waals surface area (Å²) < 4.78 is 0. The summed E-state index contributed by atoms with van der Waals surface area (Å²) in [6.45, 7) is 2.50. The quantitative estimate of drug-likeness (QED) is 0.666. The number of nitro groups is 1. The van der Waals surface area contributed by atoms with Crippen LogP contribution in [0.3, 0.4) is 0 Å². The SMILES string of the molecule is Cc1cc(N2CCCC2CC(=O)O)ccc1[N+](=O)[O-]. The lowest BCUT2D eigenvalue weighted by Crippen LogP contribution is -2.31. The Hall–Kier alpha value is -2.11. The average molecular weight is 264 g/mol. The fourth-order valence-electron chi connectivity index (χ4n) is 2.61. The highest BCUT2D eigenvalue weighted by atomic mass is 16.6. The van der Waals surface area contributed by atoms with E-state index in [-0.39, 0.29) is 18.2 Å². The number of aryl methyl sites for hydroxylation is 1. The molecule has 1 aromatic rings. The predicted molar refractivity (Wildman–Crippen MR) is 70.5 cm³/mol. The van der Waals surface area contributed by atoms with Gasteiger partial charge in [0.25, 0.3) is 5.69 Å². The monoisotopic (exact) mass is 264 g/mol. The van der Waals surface area contributed by atoms with Crippen LogP contribution < -0.4 is 4.90 Å². The first kappa shape index (κ1) is 13.3. The number of hydrogen-bond acceptors (Lipinski definition) is 4. The minimum Gasteiger partial charge on any atom is -0.481 e. The van der Waals surface area contributed by atoms with Crippen molar-refractivity contribution in [1.82, 2.24) is 0 Å². The summed E-state index contributed by atoms with van der Waals surface area (Å²) in [6, 6.07) is 4.93. The van der Waals surface area contributed by atoms with Gasteiger partial charge < -0.3 is 10.0 Å². The Balaban J connectivity index is 2.24. The van der Waals surface area contributed by atoms with Crippen molar-refractivity contribution < 1.29 is 14.8 Å². The number of nitro benzene ring substituents is 1. The molecule has 0 spiro atoms. The first-order valence-corrected chi connectivity index (χ1v) is 6.22. The second-order valence-electron chi connectivity index (χ2n) is 4.82. The first-order chi connectivity index (χ1) is 8.99. The van der Waals surface area contributed by atoms with Gasteiger partial charge in [-0.3, -0.25) is 14.9 Å². The molecule has 19 heavy (non-hydrogen) atoms. The number of nitrogens with zero attached hydrogens (tertiary/aromatic N) is 2. The third-order valence-electron chi connectivity index (χ3n) is 3.50. The van der Waals surface area contributed by atoms with Gasteiger partial charge in [-0.05, 0) is 31.9 Å². The summed E-state index contributed by atoms with van der Waals surface area (Å²) >= 11 is 0. The maximum absolute atomic E-state index is 10.8. The molecule has 1 fully saturated rings. The third kappa shape index (κ3) is 2.83. The molecule has 0 saturated carbocycles. The highest BCUT2D eigenvalue weighted by Crippen LogP contribution is 2.30. The average Bonchev–Trinajstić information content (AvgIpc) is 2.75. The van der Waals surface area contributed by atoms with Crippen LogP contribution in [0.25, 0.3) is 0 Å². The molecular weight excluding hydrogens is 248 g/mol. The number of hydrogen-bond donors (Lipinski definition) is 1. The van der Waals surface area contributed by atoms with E-state index >= 15 is 0 Å². The Bertz CT molecular complexity index is 515. The van der Waals surface area contributed by atoms with E-state index in [0.29, 0.717) is 5.56 Å². The maximum Gasteiger partial charge on any atom is 0.305 e. The molecule has 1 unspecified atom stereocenters. The number of carboxylic acid groups (broad SMARTS) is 1. The van der Waals surface area contributed by atoms with Gasteiger partial charge in [-0.2, -0.15) is 0 Å². The lowest BCUT2D eigenvalue weighted by molar-refractivity contribution is -0.385. The molecule has 1 atom stereocenters. The molecule has 0 bridgehead atoms. The van der Waals surface area contributed by atoms with Gasteiger partial charge in [0, 0.05) is 29.9 Å². The van der Waals surface area contributed by atoms with Crippen LogP contribution in [0, 0.1) is 17.0 Å². The number of carbonyl (C=O) groups is 1. The fraction of sp³-hybridized carbons (Fsp3) is 0.462. The van der Waals surface area contributed by atoms with Gasteiger partial charge in [0.2, 0.25) is 0 Å². The van der Waals surface area contributed by atoms with Gasteiger partial charge in [-0.1, -0.05) is 0 Å². The summed E-state index contributed by atoms with van der Waals surface area (Å²) in [7, 11) is 0. The van der Waals surface area contributed by atoms with Crippen molar-refractivity contribution >= 4 is 17.3 Å². The highest BCUT2D eigenvalue weighted by Gasteiger charge is 2.27. The molecule has 1 N–H and O–H groups in total. The van der Waals surface area contributed by atoms with E-state index in [2.05, 4.69) is 0 Å². The lowest BCUT2D eigenvalue weighted by Gasteiger charge is -2.26. The molecule has 1 aliphatic rings. The zero-order valence-electron chi connectivity index (χ0n) is 10.7. The molecule has 0 aliphatic carbocycles. The second-order valence-corrected chi connectivity index (χ2v) is 4.82. The van der Waals surface area contributed by atoms with Crippen molar-refractivity contribution in [1.29, 1.82) is 0 Å². The third-order valence-corrected chi connectivity index (χ3v) is 3.50. The van der Waals surface area contributed by atoms with E-state index in [4.69, 9.17) is 5.11 Å². The van der Waals surface area contributed by atoms with E-state index < -0.39 is 10.9 Å². The van der Waals surface area contributed by atoms with Crippen molar-refractivity contribution in [3.63, 3.8) is 0 Å². The Kier molecular flexibility index (Phi) is 3.69. The number of aliphatic carboxylic acids is 1. The van der Waals surface area contributed by atoms with Crippen molar-refractivity contribution in [3.05, 3.63) is 33.9 Å². The number of carboxylic acids is 1. The van der Waals surface area contributed by atoms with E-state index in [9.17, 15) is 14.9 Å². The highest BCUT2D eigenvalue weighted by molar-refractivity contribution is 5.69. The smallest absolute Gasteiger partial charge is 0.305 e. The standard InChI is InChI=1S/C13H16N2O4/c1-9-7-11(4-5-12(9)15(18)19)14-6-2-3-10(14)8-13(16)17/h4-5,7,10H,2-3,6,8H2,1H3,(H,16,17). The minimum absolute atomic E-state index is 0.0154. The molecule has 2 rings (SSSR count). The van der Waals surface area contributed by atoms with E-state index in [0.717, 1.165) is 25.1 Å². The second kappa shape index (κ2) is 5.26. The number of benzene rings is 1. The molecular formula is C13H16N2O4. The molecule has 6 nitrogen and oxygen atoms in total. The number of rotatable bonds is 4. The lowest BCUT2D eigenvalue weighted by atomic mass is 10.1. The first-order valence-electron chi connectivity index (χ1n) is 6.22.